The average molecular weight is 536 g/mol. The van der Waals surface area contributed by atoms with Crippen LogP contribution in [0.1, 0.15) is 84.9 Å². The minimum absolute atomic E-state index is 0.000149. The number of carbonyl (C=O) groups excluding carboxylic acids is 4. The number of ether oxygens (including phenoxy) is 2. The van der Waals surface area contributed by atoms with Crippen LogP contribution in [0.5, 0.6) is 5.75 Å². The summed E-state index contributed by atoms with van der Waals surface area (Å²) < 4.78 is 10.3. The molecule has 0 saturated carbocycles. The zero-order chi connectivity index (χ0) is 29.0. The van der Waals surface area contributed by atoms with E-state index in [1.807, 2.05) is 20.8 Å². The second-order valence-electron chi connectivity index (χ2n) is 10.3. The van der Waals surface area contributed by atoms with Crippen molar-refractivity contribution in [3.05, 3.63) is 29.3 Å². The first-order valence-corrected chi connectivity index (χ1v) is 13.3. The number of benzene rings is 1. The highest BCUT2D eigenvalue weighted by atomic mass is 16.6. The highest BCUT2D eigenvalue weighted by Crippen LogP contribution is 2.33. The lowest BCUT2D eigenvalue weighted by Gasteiger charge is -2.36. The van der Waals surface area contributed by atoms with Crippen molar-refractivity contribution in [2.45, 2.75) is 92.3 Å². The predicted molar refractivity (Wildman–Crippen MR) is 144 cm³/mol. The smallest absolute Gasteiger partial charge is 0.408 e. The standard InChI is InChI=1S/C28H45N3O7/c1-9-17-31(26(35)22(18(4)10-2)30-27(36)38-28(6,7)8)23(20-14-12-13-19(5)24(20)33)25(34)29-16-15-21(32)37-11-3/h12-14,18,22-23,33H,9-11,15-17H2,1-8H3,(H,29,34)(H,30,36). The van der Waals surface area contributed by atoms with Gasteiger partial charge in [0.1, 0.15) is 23.4 Å². The van der Waals surface area contributed by atoms with E-state index in [0.29, 0.717) is 18.4 Å². The summed E-state index contributed by atoms with van der Waals surface area (Å²) in [6.07, 6.45) is 0.327. The number of amides is 3. The van der Waals surface area contributed by atoms with E-state index < -0.39 is 41.6 Å². The first-order chi connectivity index (χ1) is 17.8. The minimum Gasteiger partial charge on any atom is -0.507 e. The van der Waals surface area contributed by atoms with Gasteiger partial charge in [0.2, 0.25) is 11.8 Å². The van der Waals surface area contributed by atoms with Crippen molar-refractivity contribution >= 4 is 23.9 Å². The summed E-state index contributed by atoms with van der Waals surface area (Å²) >= 11 is 0. The monoisotopic (exact) mass is 535 g/mol. The van der Waals surface area contributed by atoms with Gasteiger partial charge >= 0.3 is 12.1 Å². The van der Waals surface area contributed by atoms with Gasteiger partial charge in [-0.1, -0.05) is 45.4 Å². The van der Waals surface area contributed by atoms with Gasteiger partial charge in [0, 0.05) is 18.7 Å². The van der Waals surface area contributed by atoms with E-state index in [9.17, 15) is 24.3 Å². The Kier molecular flexibility index (Phi) is 13.1. The van der Waals surface area contributed by atoms with Crippen LogP contribution in [0.4, 0.5) is 4.79 Å². The number of aromatic hydroxyl groups is 1. The van der Waals surface area contributed by atoms with E-state index in [1.165, 1.54) is 4.90 Å². The average Bonchev–Trinajstić information content (AvgIpc) is 2.83. The molecule has 0 aliphatic heterocycles. The number of nitrogens with one attached hydrogen (secondary N) is 2. The van der Waals surface area contributed by atoms with E-state index in [1.54, 1.807) is 52.8 Å². The number of aryl methyl sites for hydroxylation is 1. The Balaban J connectivity index is 3.46. The lowest BCUT2D eigenvalue weighted by atomic mass is 9.94. The highest BCUT2D eigenvalue weighted by molar-refractivity contribution is 5.93. The van der Waals surface area contributed by atoms with Crippen LogP contribution in [0.15, 0.2) is 18.2 Å². The second-order valence-corrected chi connectivity index (χ2v) is 10.3. The maximum atomic E-state index is 14.0. The summed E-state index contributed by atoms with van der Waals surface area (Å²) in [4.78, 5) is 53.4. The molecule has 3 amide bonds. The third-order valence-electron chi connectivity index (χ3n) is 5.96. The Bertz CT molecular complexity index is 958. The molecule has 3 unspecified atom stereocenters. The van der Waals surface area contributed by atoms with Crippen molar-refractivity contribution in [3.8, 4) is 5.75 Å². The van der Waals surface area contributed by atoms with Crippen LogP contribution < -0.4 is 10.6 Å². The summed E-state index contributed by atoms with van der Waals surface area (Å²) in [7, 11) is 0. The van der Waals surface area contributed by atoms with Crippen LogP contribution in [-0.2, 0) is 23.9 Å². The fourth-order valence-corrected chi connectivity index (χ4v) is 3.87. The van der Waals surface area contributed by atoms with Crippen molar-refractivity contribution in [1.29, 1.82) is 0 Å². The van der Waals surface area contributed by atoms with Crippen molar-refractivity contribution < 1.29 is 33.8 Å². The molecule has 0 aliphatic rings. The summed E-state index contributed by atoms with van der Waals surface area (Å²) in [5.74, 6) is -1.86. The van der Waals surface area contributed by atoms with Gasteiger partial charge < -0.3 is 30.1 Å². The molecule has 3 N–H and O–H groups in total. The van der Waals surface area contributed by atoms with Crippen molar-refractivity contribution in [2.75, 3.05) is 19.7 Å². The van der Waals surface area contributed by atoms with E-state index in [-0.39, 0.29) is 43.3 Å². The van der Waals surface area contributed by atoms with Crippen LogP contribution in [0.3, 0.4) is 0 Å². The van der Waals surface area contributed by atoms with Gasteiger partial charge in [0.25, 0.3) is 0 Å². The van der Waals surface area contributed by atoms with Gasteiger partial charge in [-0.15, -0.1) is 0 Å². The molecule has 0 bridgehead atoms. The third-order valence-corrected chi connectivity index (χ3v) is 5.96. The van der Waals surface area contributed by atoms with E-state index in [0.717, 1.165) is 0 Å². The van der Waals surface area contributed by atoms with Crippen LogP contribution in [0.2, 0.25) is 0 Å². The number of para-hydroxylation sites is 1. The van der Waals surface area contributed by atoms with Crippen molar-refractivity contribution in [3.63, 3.8) is 0 Å². The molecule has 38 heavy (non-hydrogen) atoms. The topological polar surface area (TPSA) is 134 Å². The molecule has 3 atom stereocenters. The molecule has 10 heteroatoms. The van der Waals surface area contributed by atoms with Crippen molar-refractivity contribution in [2.24, 2.45) is 5.92 Å². The van der Waals surface area contributed by atoms with Gasteiger partial charge in [-0.3, -0.25) is 14.4 Å². The summed E-state index contributed by atoms with van der Waals surface area (Å²) in [6.45, 7) is 14.6. The molecule has 10 nitrogen and oxygen atoms in total. The maximum Gasteiger partial charge on any atom is 0.408 e. The van der Waals surface area contributed by atoms with Crippen LogP contribution >= 0.6 is 0 Å². The Labute approximate surface area is 226 Å². The van der Waals surface area contributed by atoms with Gasteiger partial charge in [0.15, 0.2) is 0 Å². The largest absolute Gasteiger partial charge is 0.507 e. The lowest BCUT2D eigenvalue weighted by Crippen LogP contribution is -2.55. The first-order valence-electron chi connectivity index (χ1n) is 13.3. The summed E-state index contributed by atoms with van der Waals surface area (Å²) in [5.41, 5.74) is 0.0342. The van der Waals surface area contributed by atoms with Crippen LogP contribution in [0, 0.1) is 12.8 Å². The van der Waals surface area contributed by atoms with Gasteiger partial charge in [-0.05, 0) is 52.5 Å². The Hall–Kier alpha value is -3.30. The zero-order valence-corrected chi connectivity index (χ0v) is 24.1. The lowest BCUT2D eigenvalue weighted by molar-refractivity contribution is -0.145. The maximum absolute atomic E-state index is 14.0. The summed E-state index contributed by atoms with van der Waals surface area (Å²) in [6, 6.07) is 2.82. The third kappa shape index (κ3) is 9.87. The molecule has 1 aromatic rings. The van der Waals surface area contributed by atoms with Crippen LogP contribution in [-0.4, -0.2) is 65.2 Å². The number of phenolic OH excluding ortho intramolecular Hbond substituents is 1. The molecule has 0 aromatic heterocycles. The number of phenols is 1. The second kappa shape index (κ2) is 15.2. The predicted octanol–water partition coefficient (Wildman–Crippen LogP) is 3.99. The summed E-state index contributed by atoms with van der Waals surface area (Å²) in [5, 5.41) is 16.3. The van der Waals surface area contributed by atoms with E-state index >= 15 is 0 Å². The number of esters is 1. The zero-order valence-electron chi connectivity index (χ0n) is 24.1. The minimum atomic E-state index is -1.20. The molecular weight excluding hydrogens is 490 g/mol. The fraction of sp³-hybridized carbons (Fsp3) is 0.643. The molecule has 214 valence electrons. The number of hydrogen-bond acceptors (Lipinski definition) is 7. The molecule has 0 saturated heterocycles. The number of rotatable bonds is 13. The number of carbonyl (C=O) groups is 4. The quantitative estimate of drug-likeness (QED) is 0.325. The first kappa shape index (κ1) is 32.7. The molecule has 1 rings (SSSR count). The fourth-order valence-electron chi connectivity index (χ4n) is 3.87. The number of nitrogens with zero attached hydrogens (tertiary/aromatic N) is 1. The molecule has 0 aliphatic carbocycles. The van der Waals surface area contributed by atoms with E-state index in [2.05, 4.69) is 10.6 Å². The molecule has 1 aromatic carbocycles. The van der Waals surface area contributed by atoms with Crippen molar-refractivity contribution in [1.82, 2.24) is 15.5 Å². The Morgan fingerprint density at radius 1 is 1.11 bits per heavy atom. The van der Waals surface area contributed by atoms with Gasteiger partial charge in [-0.25, -0.2) is 4.79 Å². The Morgan fingerprint density at radius 2 is 1.76 bits per heavy atom. The molecule has 0 radical (unpaired) electrons. The van der Waals surface area contributed by atoms with Crippen LogP contribution in [0.25, 0.3) is 0 Å². The molecular formula is C28H45N3O7. The molecule has 0 spiro atoms. The number of alkyl carbamates (subject to hydrolysis) is 1. The Morgan fingerprint density at radius 3 is 2.32 bits per heavy atom. The van der Waals surface area contributed by atoms with E-state index in [4.69, 9.17) is 9.47 Å². The van der Waals surface area contributed by atoms with Gasteiger partial charge in [0.05, 0.1) is 13.0 Å². The molecule has 0 heterocycles. The SMILES string of the molecule is CCCN(C(=O)C(NC(=O)OC(C)(C)C)C(C)CC)C(C(=O)NCCC(=O)OCC)c1cccc(C)c1O. The number of hydrogen-bond donors (Lipinski definition) is 3. The normalized spacial score (nSPS) is 13.6. The molecule has 0 fully saturated rings. The van der Waals surface area contributed by atoms with Gasteiger partial charge in [-0.2, -0.15) is 0 Å². The highest BCUT2D eigenvalue weighted by Gasteiger charge is 2.38.